The number of benzene rings is 2. The molecule has 0 saturated carbocycles. The van der Waals surface area contributed by atoms with E-state index in [1.807, 2.05) is 6.21 Å². The van der Waals surface area contributed by atoms with E-state index in [0.717, 1.165) is 68.5 Å². The van der Waals surface area contributed by atoms with Crippen molar-refractivity contribution in [1.29, 1.82) is 0 Å². The molecule has 0 aliphatic carbocycles. The van der Waals surface area contributed by atoms with Crippen LogP contribution < -0.4 is 0 Å². The van der Waals surface area contributed by atoms with Gasteiger partial charge in [-0.2, -0.15) is 0 Å². The Bertz CT molecular complexity index is 2130. The van der Waals surface area contributed by atoms with E-state index in [9.17, 15) is 0 Å². The third kappa shape index (κ3) is 62.5. The summed E-state index contributed by atoms with van der Waals surface area (Å²) in [5.41, 5.74) is 5.19. The van der Waals surface area contributed by atoms with Gasteiger partial charge in [0.2, 0.25) is 0 Å². The summed E-state index contributed by atoms with van der Waals surface area (Å²) in [4.78, 5) is 10.3. The molecule has 0 unspecified atom stereocenters. The number of rotatable bonds is 68. The van der Waals surface area contributed by atoms with Crippen LogP contribution >= 0.6 is 0 Å². The van der Waals surface area contributed by atoms with Crippen LogP contribution in [-0.2, 0) is 29.3 Å². The first-order chi connectivity index (χ1) is 46.3. The number of nitrogens with zero attached hydrogens (tertiary/aromatic N) is 2. The molecule has 0 amide bonds. The monoisotopic (exact) mass is 1330 g/mol. The van der Waals surface area contributed by atoms with Gasteiger partial charge in [-0.15, -0.1) is 23.7 Å². The first-order valence-corrected chi connectivity index (χ1v) is 42.0. The van der Waals surface area contributed by atoms with E-state index in [0.29, 0.717) is 0 Å². The number of hydrogen-bond acceptors (Lipinski definition) is 2. The van der Waals surface area contributed by atoms with Gasteiger partial charge in [-0.3, -0.25) is 4.99 Å². The molecule has 2 rings (SSSR count). The van der Waals surface area contributed by atoms with Crippen LogP contribution in [0.15, 0.2) is 58.5 Å². The van der Waals surface area contributed by atoms with E-state index < -0.39 is 0 Å². The quantitative estimate of drug-likeness (QED) is 0.0273. The van der Waals surface area contributed by atoms with Crippen molar-refractivity contribution in [3.05, 3.63) is 59.7 Å². The van der Waals surface area contributed by atoms with Crippen molar-refractivity contribution < 1.29 is 16.5 Å². The van der Waals surface area contributed by atoms with Gasteiger partial charge >= 0.3 is 0 Å². The Kier molecular flexibility index (Phi) is 71.7. The van der Waals surface area contributed by atoms with Gasteiger partial charge in [0.1, 0.15) is 5.71 Å². The van der Waals surface area contributed by atoms with Crippen LogP contribution in [0.1, 0.15) is 456 Å². The fraction of sp³-hybridized carbons (Fsp3) is 0.780. The molecular weight excluding hydrogens is 1180 g/mol. The van der Waals surface area contributed by atoms with Gasteiger partial charge < -0.3 is 0 Å². The van der Waals surface area contributed by atoms with E-state index in [2.05, 4.69) is 105 Å². The zero-order valence-electron chi connectivity index (χ0n) is 63.0. The van der Waals surface area contributed by atoms with Crippen LogP contribution in [0.5, 0.6) is 0 Å². The van der Waals surface area contributed by atoms with Crippen molar-refractivity contribution >= 4 is 23.3 Å². The fourth-order valence-corrected chi connectivity index (χ4v) is 13.5. The second-order valence-electron chi connectivity index (χ2n) is 28.8. The van der Waals surface area contributed by atoms with Crippen molar-refractivity contribution in [3.8, 4) is 35.5 Å². The molecule has 0 aliphatic heterocycles. The molecule has 2 nitrogen and oxygen atoms in total. The summed E-state index contributed by atoms with van der Waals surface area (Å²) in [5, 5.41) is 0. The second-order valence-corrected chi connectivity index (χ2v) is 28.8. The molecule has 0 atom stereocenters. The Hall–Kier alpha value is -3.05. The molecule has 0 aromatic heterocycles. The summed E-state index contributed by atoms with van der Waals surface area (Å²) in [6, 6.07) is 17.2. The fourth-order valence-electron chi connectivity index (χ4n) is 13.5. The summed E-state index contributed by atoms with van der Waals surface area (Å²) < 4.78 is 0. The third-order valence-electron chi connectivity index (χ3n) is 19.8. The van der Waals surface area contributed by atoms with Crippen LogP contribution in [0.25, 0.3) is 0 Å². The van der Waals surface area contributed by atoms with Gasteiger partial charge in [-0.25, -0.2) is 4.99 Å². The molecule has 538 valence electrons. The van der Waals surface area contributed by atoms with E-state index >= 15 is 0 Å². The van der Waals surface area contributed by atoms with Gasteiger partial charge in [0, 0.05) is 48.6 Å². The predicted octanol–water partition coefficient (Wildman–Crippen LogP) is 31.1. The minimum Gasteiger partial charge on any atom is -0.254 e. The average Bonchev–Trinajstić information content (AvgIpc) is 3.46. The van der Waals surface area contributed by atoms with Crippen LogP contribution in [0.4, 0.5) is 11.4 Å². The molecule has 0 N–H and O–H groups in total. The second kappa shape index (κ2) is 75.7. The van der Waals surface area contributed by atoms with Crippen molar-refractivity contribution in [2.45, 2.75) is 457 Å². The Labute approximate surface area is 598 Å². The van der Waals surface area contributed by atoms with Crippen LogP contribution in [0, 0.1) is 35.5 Å². The molecule has 2 aromatic rings. The first kappa shape index (κ1) is 89.0. The summed E-state index contributed by atoms with van der Waals surface area (Å²) in [7, 11) is 0. The molecule has 0 spiro atoms. The van der Waals surface area contributed by atoms with Crippen LogP contribution in [0.3, 0.4) is 0 Å². The SMILES string of the molecule is CCCCCCCCCCCCCCCCCC#CC(C=Nc1ccccc1CCC#CCCCCCCCCCCCCCCCCCCCCCCCCC)=Nc1ccccc1CCC#CCCCCCCCCCCCCCCCCCCCCCCCCC.[Ni]. The maximum absolute atomic E-state index is 5.22. The Balaban J connectivity index is 0.0000442. The van der Waals surface area contributed by atoms with Gasteiger partial charge in [0.15, 0.2) is 0 Å². The maximum Gasteiger partial charge on any atom is 0.132 e. The summed E-state index contributed by atoms with van der Waals surface area (Å²) in [6.07, 6.45) is 94.7. The topological polar surface area (TPSA) is 24.7 Å². The third-order valence-corrected chi connectivity index (χ3v) is 19.8. The summed E-state index contributed by atoms with van der Waals surface area (Å²) in [6.45, 7) is 6.93. The Morgan fingerprint density at radius 3 is 0.745 bits per heavy atom. The first-order valence-electron chi connectivity index (χ1n) is 42.0. The van der Waals surface area contributed by atoms with Crippen molar-refractivity contribution in [3.63, 3.8) is 0 Å². The zero-order valence-corrected chi connectivity index (χ0v) is 64.0. The van der Waals surface area contributed by atoms with E-state index in [-0.39, 0.29) is 16.5 Å². The Morgan fingerprint density at radius 2 is 0.468 bits per heavy atom. The molecule has 0 radical (unpaired) electrons. The summed E-state index contributed by atoms with van der Waals surface area (Å²) >= 11 is 0. The molecule has 0 saturated heterocycles. The molecule has 0 bridgehead atoms. The van der Waals surface area contributed by atoms with E-state index in [1.165, 1.54) is 396 Å². The van der Waals surface area contributed by atoms with Gasteiger partial charge in [0.25, 0.3) is 0 Å². The van der Waals surface area contributed by atoms with Crippen molar-refractivity contribution in [2.24, 2.45) is 9.98 Å². The van der Waals surface area contributed by atoms with Gasteiger partial charge in [-0.05, 0) is 61.3 Å². The molecule has 0 fully saturated rings. The van der Waals surface area contributed by atoms with E-state index in [4.69, 9.17) is 9.98 Å². The minimum atomic E-state index is 0. The van der Waals surface area contributed by atoms with Gasteiger partial charge in [-0.1, -0.05) is 435 Å². The zero-order chi connectivity index (χ0) is 66.0. The molecule has 94 heavy (non-hydrogen) atoms. The van der Waals surface area contributed by atoms with Gasteiger partial charge in [0.05, 0.1) is 17.6 Å². The predicted molar refractivity (Wildman–Crippen MR) is 421 cm³/mol. The maximum atomic E-state index is 5.22. The largest absolute Gasteiger partial charge is 0.254 e. The van der Waals surface area contributed by atoms with E-state index in [1.54, 1.807) is 0 Å². The minimum absolute atomic E-state index is 0. The number of para-hydroxylation sites is 2. The molecular formula is C91H154N2Ni. The standard InChI is InChI=1S/C91H154N2.Ni/c1-4-7-10-13-16-19-22-25-28-31-33-35-37-39-41-43-45-47-49-52-54-57-60-63-66-69-72-79-87-81-75-77-84-90(87)92-86-89(83-74-71-68-65-62-59-56-51-30-27-24-21-18-15-12-9-6-3)93-91-85-78-76-82-88(91)80-73-70-67-64-61-58-55-53-50-48-46-44-42-40-38-36-34-32-29-26-23-20-17-14-11-8-5-2;/h75-78,81-82,84-86H,4-65,68,71-73,79-80H2,1-3H3;. The molecule has 2 aromatic carbocycles. The molecule has 0 aliphatic rings. The molecule has 0 heterocycles. The average molecular weight is 1330 g/mol. The number of aliphatic imine (C=N–C) groups is 2. The van der Waals surface area contributed by atoms with Crippen molar-refractivity contribution in [2.75, 3.05) is 0 Å². The summed E-state index contributed by atoms with van der Waals surface area (Å²) in [5.74, 6) is 21.0. The number of hydrogen-bond donors (Lipinski definition) is 0. The Morgan fingerprint density at radius 1 is 0.255 bits per heavy atom. The van der Waals surface area contributed by atoms with Crippen molar-refractivity contribution in [1.82, 2.24) is 0 Å². The van der Waals surface area contributed by atoms with Crippen LogP contribution in [0.2, 0.25) is 0 Å². The smallest absolute Gasteiger partial charge is 0.132 e. The molecule has 3 heteroatoms. The number of aryl methyl sites for hydroxylation is 2. The normalized spacial score (nSPS) is 11.4. The number of unbranched alkanes of at least 4 members (excludes halogenated alkanes) is 61. The van der Waals surface area contributed by atoms with Crippen LogP contribution in [-0.4, -0.2) is 11.9 Å².